The summed E-state index contributed by atoms with van der Waals surface area (Å²) in [6, 6.07) is 0. The van der Waals surface area contributed by atoms with E-state index in [4.69, 9.17) is 10.5 Å². The van der Waals surface area contributed by atoms with Crippen molar-refractivity contribution < 1.29 is 4.74 Å². The van der Waals surface area contributed by atoms with Gasteiger partial charge in [0.15, 0.2) is 0 Å². The Balaban J connectivity index is 1.85. The summed E-state index contributed by atoms with van der Waals surface area (Å²) < 4.78 is 6.41. The zero-order chi connectivity index (χ0) is 12.1. The highest BCUT2D eigenvalue weighted by Gasteiger charge is 2.28. The van der Waals surface area contributed by atoms with Crippen LogP contribution < -0.4 is 5.73 Å². The molecule has 0 aromatic carbocycles. The molecule has 2 fully saturated rings. The first-order valence-corrected chi connectivity index (χ1v) is 7.65. The van der Waals surface area contributed by atoms with Crippen LogP contribution in [0.1, 0.15) is 64.7 Å². The normalized spacial score (nSPS) is 39.9. The maximum absolute atomic E-state index is 6.41. The molecule has 2 rings (SSSR count). The fourth-order valence-electron chi connectivity index (χ4n) is 3.55. The Morgan fingerprint density at radius 2 is 1.82 bits per heavy atom. The topological polar surface area (TPSA) is 35.2 Å². The van der Waals surface area contributed by atoms with Crippen molar-refractivity contribution in [1.29, 1.82) is 0 Å². The fraction of sp³-hybridized carbons (Fsp3) is 1.00. The van der Waals surface area contributed by atoms with Crippen LogP contribution in [-0.2, 0) is 4.74 Å². The molecule has 100 valence electrons. The van der Waals surface area contributed by atoms with E-state index in [0.717, 1.165) is 12.5 Å². The lowest BCUT2D eigenvalue weighted by Gasteiger charge is -2.33. The summed E-state index contributed by atoms with van der Waals surface area (Å²) in [6.07, 6.45) is 12.9. The second-order valence-electron chi connectivity index (χ2n) is 6.20. The first kappa shape index (κ1) is 13.4. The minimum absolute atomic E-state index is 0.456. The van der Waals surface area contributed by atoms with Gasteiger partial charge in [0, 0.05) is 0 Å². The molecule has 2 heteroatoms. The second-order valence-corrected chi connectivity index (χ2v) is 6.20. The molecular formula is C15H29NO. The Morgan fingerprint density at radius 1 is 1.00 bits per heavy atom. The van der Waals surface area contributed by atoms with Crippen molar-refractivity contribution in [2.24, 2.45) is 17.6 Å². The van der Waals surface area contributed by atoms with Crippen LogP contribution in [0.25, 0.3) is 0 Å². The van der Waals surface area contributed by atoms with Crippen LogP contribution in [0.5, 0.6) is 0 Å². The molecule has 4 atom stereocenters. The van der Waals surface area contributed by atoms with Crippen LogP contribution >= 0.6 is 0 Å². The predicted octanol–water partition coefficient (Wildman–Crippen LogP) is 3.49. The predicted molar refractivity (Wildman–Crippen MR) is 71.9 cm³/mol. The summed E-state index contributed by atoms with van der Waals surface area (Å²) in [5, 5.41) is 0. The quantitative estimate of drug-likeness (QED) is 0.765. The molecule has 2 saturated carbocycles. The molecule has 2 aliphatic carbocycles. The Labute approximate surface area is 106 Å². The molecule has 0 bridgehead atoms. The van der Waals surface area contributed by atoms with Gasteiger partial charge in [-0.1, -0.05) is 39.0 Å². The molecule has 0 aromatic rings. The molecule has 2 N–H and O–H groups in total. The van der Waals surface area contributed by atoms with Gasteiger partial charge in [-0.25, -0.2) is 0 Å². The zero-order valence-corrected chi connectivity index (χ0v) is 11.4. The van der Waals surface area contributed by atoms with Gasteiger partial charge in [-0.05, 0) is 44.1 Å². The smallest absolute Gasteiger partial charge is 0.0619 e. The van der Waals surface area contributed by atoms with E-state index in [2.05, 4.69) is 6.92 Å². The highest BCUT2D eigenvalue weighted by molar-refractivity contribution is 4.78. The number of nitrogens with two attached hydrogens (primary N) is 1. The summed E-state index contributed by atoms with van der Waals surface area (Å²) in [5.74, 6) is 1.48. The molecule has 0 aromatic heterocycles. The van der Waals surface area contributed by atoms with Crippen molar-refractivity contribution in [3.8, 4) is 0 Å². The first-order valence-electron chi connectivity index (χ1n) is 7.65. The lowest BCUT2D eigenvalue weighted by atomic mass is 9.88. The van der Waals surface area contributed by atoms with E-state index < -0.39 is 0 Å². The molecule has 2 nitrogen and oxygen atoms in total. The molecule has 2 aliphatic rings. The Bertz CT molecular complexity index is 219. The van der Waals surface area contributed by atoms with Crippen LogP contribution in [0, 0.1) is 11.8 Å². The molecule has 0 spiro atoms. The van der Waals surface area contributed by atoms with E-state index in [0.29, 0.717) is 18.1 Å². The molecule has 0 amide bonds. The lowest BCUT2D eigenvalue weighted by Crippen LogP contribution is -2.34. The van der Waals surface area contributed by atoms with Crippen LogP contribution in [-0.4, -0.2) is 18.8 Å². The second kappa shape index (κ2) is 6.75. The SMILES string of the molecule is CC1CCCC(OC2CCCCCC2CN)C1. The van der Waals surface area contributed by atoms with Gasteiger partial charge < -0.3 is 10.5 Å². The van der Waals surface area contributed by atoms with Crippen molar-refractivity contribution in [1.82, 2.24) is 0 Å². The Morgan fingerprint density at radius 3 is 2.59 bits per heavy atom. The van der Waals surface area contributed by atoms with Gasteiger partial charge in [0.1, 0.15) is 0 Å². The van der Waals surface area contributed by atoms with Crippen molar-refractivity contribution in [3.05, 3.63) is 0 Å². The molecule has 4 unspecified atom stereocenters. The van der Waals surface area contributed by atoms with Gasteiger partial charge in [-0.2, -0.15) is 0 Å². The van der Waals surface area contributed by atoms with Gasteiger partial charge in [-0.15, -0.1) is 0 Å². The Hall–Kier alpha value is -0.0800. The summed E-state index contributed by atoms with van der Waals surface area (Å²) in [7, 11) is 0. The zero-order valence-electron chi connectivity index (χ0n) is 11.4. The standard InChI is InChI=1S/C15H29NO/c1-12-6-5-8-14(10-12)17-15-9-4-2-3-7-13(15)11-16/h12-15H,2-11,16H2,1H3. The van der Waals surface area contributed by atoms with Gasteiger partial charge in [0.05, 0.1) is 12.2 Å². The van der Waals surface area contributed by atoms with Crippen molar-refractivity contribution in [2.75, 3.05) is 6.54 Å². The fourth-order valence-corrected chi connectivity index (χ4v) is 3.55. The minimum atomic E-state index is 0.456. The average molecular weight is 239 g/mol. The van der Waals surface area contributed by atoms with Crippen molar-refractivity contribution >= 4 is 0 Å². The Kier molecular flexibility index (Phi) is 5.30. The average Bonchev–Trinajstić information content (AvgIpc) is 2.54. The molecule has 0 heterocycles. The molecule has 17 heavy (non-hydrogen) atoms. The highest BCUT2D eigenvalue weighted by atomic mass is 16.5. The molecular weight excluding hydrogens is 210 g/mol. The van der Waals surface area contributed by atoms with E-state index in [1.54, 1.807) is 0 Å². The third kappa shape index (κ3) is 3.96. The largest absolute Gasteiger partial charge is 0.375 e. The van der Waals surface area contributed by atoms with Crippen molar-refractivity contribution in [2.45, 2.75) is 76.9 Å². The van der Waals surface area contributed by atoms with Crippen LogP contribution in [0.3, 0.4) is 0 Å². The maximum atomic E-state index is 6.41. The number of ether oxygens (including phenoxy) is 1. The van der Waals surface area contributed by atoms with E-state index in [-0.39, 0.29) is 0 Å². The van der Waals surface area contributed by atoms with Crippen LogP contribution in [0.4, 0.5) is 0 Å². The van der Waals surface area contributed by atoms with Crippen LogP contribution in [0.15, 0.2) is 0 Å². The first-order chi connectivity index (χ1) is 8.29. The summed E-state index contributed by atoms with van der Waals surface area (Å²) in [5.41, 5.74) is 5.92. The number of hydrogen-bond donors (Lipinski definition) is 1. The molecule has 0 aliphatic heterocycles. The van der Waals surface area contributed by atoms with Gasteiger partial charge in [0.2, 0.25) is 0 Å². The van der Waals surface area contributed by atoms with Gasteiger partial charge >= 0.3 is 0 Å². The van der Waals surface area contributed by atoms with Gasteiger partial charge in [0.25, 0.3) is 0 Å². The van der Waals surface area contributed by atoms with E-state index in [1.165, 1.54) is 57.8 Å². The van der Waals surface area contributed by atoms with E-state index in [9.17, 15) is 0 Å². The third-order valence-corrected chi connectivity index (χ3v) is 4.65. The van der Waals surface area contributed by atoms with Crippen molar-refractivity contribution in [3.63, 3.8) is 0 Å². The van der Waals surface area contributed by atoms with Gasteiger partial charge in [-0.3, -0.25) is 0 Å². The number of rotatable bonds is 3. The maximum Gasteiger partial charge on any atom is 0.0619 e. The molecule has 0 saturated heterocycles. The summed E-state index contributed by atoms with van der Waals surface area (Å²) in [4.78, 5) is 0. The lowest BCUT2D eigenvalue weighted by molar-refractivity contribution is -0.0653. The third-order valence-electron chi connectivity index (χ3n) is 4.65. The monoisotopic (exact) mass is 239 g/mol. The summed E-state index contributed by atoms with van der Waals surface area (Å²) >= 11 is 0. The molecule has 0 radical (unpaired) electrons. The highest BCUT2D eigenvalue weighted by Crippen LogP contribution is 2.31. The van der Waals surface area contributed by atoms with E-state index >= 15 is 0 Å². The summed E-state index contributed by atoms with van der Waals surface area (Å²) in [6.45, 7) is 3.18. The van der Waals surface area contributed by atoms with Crippen LogP contribution in [0.2, 0.25) is 0 Å². The van der Waals surface area contributed by atoms with E-state index in [1.807, 2.05) is 0 Å². The number of hydrogen-bond acceptors (Lipinski definition) is 2. The minimum Gasteiger partial charge on any atom is -0.375 e.